The van der Waals surface area contributed by atoms with Crippen molar-refractivity contribution in [1.29, 1.82) is 0 Å². The predicted octanol–water partition coefficient (Wildman–Crippen LogP) is 8.75. The van der Waals surface area contributed by atoms with Gasteiger partial charge in [-0.2, -0.15) is 0 Å². The van der Waals surface area contributed by atoms with Crippen molar-refractivity contribution in [3.63, 3.8) is 0 Å². The van der Waals surface area contributed by atoms with Crippen LogP contribution >= 0.6 is 0 Å². The fourth-order valence-electron chi connectivity index (χ4n) is 3.69. The van der Waals surface area contributed by atoms with Gasteiger partial charge in [0.1, 0.15) is 0 Å². The molecule has 0 aromatic carbocycles. The van der Waals surface area contributed by atoms with Gasteiger partial charge in [-0.1, -0.05) is 109 Å². The van der Waals surface area contributed by atoms with Crippen LogP contribution in [0.5, 0.6) is 0 Å². The highest BCUT2D eigenvalue weighted by molar-refractivity contribution is 5.01. The van der Waals surface area contributed by atoms with E-state index in [1.54, 1.807) is 5.57 Å². The Bertz CT molecular complexity index is 282. The standard InChI is InChI=1S/C25H50O/c1-3-5-7-9-11-13-15-17-21-25(23-19-20-24-26)22-18-16-14-12-10-8-6-4-2/h21,26H,3-20,22-24H2,1-2H3/b25-21-. The van der Waals surface area contributed by atoms with Crippen LogP contribution in [0.4, 0.5) is 0 Å². The third-order valence-corrected chi connectivity index (χ3v) is 5.50. The highest BCUT2D eigenvalue weighted by atomic mass is 16.2. The summed E-state index contributed by atoms with van der Waals surface area (Å²) in [6.07, 6.45) is 29.5. The minimum atomic E-state index is 0.350. The Morgan fingerprint density at radius 3 is 1.46 bits per heavy atom. The van der Waals surface area contributed by atoms with E-state index in [1.165, 1.54) is 116 Å². The molecule has 0 aromatic rings. The highest BCUT2D eigenvalue weighted by Gasteiger charge is 2.00. The second kappa shape index (κ2) is 22.7. The third kappa shape index (κ3) is 20.0. The normalized spacial score (nSPS) is 12.0. The highest BCUT2D eigenvalue weighted by Crippen LogP contribution is 2.19. The summed E-state index contributed by atoms with van der Waals surface area (Å²) >= 11 is 0. The molecule has 0 aliphatic heterocycles. The second-order valence-electron chi connectivity index (χ2n) is 8.18. The number of hydrogen-bond donors (Lipinski definition) is 1. The first-order chi connectivity index (χ1) is 12.8. The maximum absolute atomic E-state index is 9.03. The van der Waals surface area contributed by atoms with Gasteiger partial charge in [0, 0.05) is 6.61 Å². The van der Waals surface area contributed by atoms with Crippen LogP contribution in [0, 0.1) is 0 Å². The molecule has 0 rings (SSSR count). The summed E-state index contributed by atoms with van der Waals surface area (Å²) in [5.41, 5.74) is 1.68. The molecular formula is C25H50O. The lowest BCUT2D eigenvalue weighted by atomic mass is 9.98. The van der Waals surface area contributed by atoms with Crippen molar-refractivity contribution in [3.8, 4) is 0 Å². The Morgan fingerprint density at radius 2 is 0.962 bits per heavy atom. The van der Waals surface area contributed by atoms with E-state index < -0.39 is 0 Å². The van der Waals surface area contributed by atoms with E-state index in [0.29, 0.717) is 6.61 Å². The van der Waals surface area contributed by atoms with Crippen molar-refractivity contribution in [2.75, 3.05) is 6.61 Å². The van der Waals surface area contributed by atoms with Crippen LogP contribution in [0.3, 0.4) is 0 Å². The monoisotopic (exact) mass is 366 g/mol. The van der Waals surface area contributed by atoms with E-state index in [1.807, 2.05) is 0 Å². The van der Waals surface area contributed by atoms with Crippen LogP contribution in [0.1, 0.15) is 142 Å². The zero-order valence-corrected chi connectivity index (χ0v) is 18.4. The molecule has 0 amide bonds. The van der Waals surface area contributed by atoms with Gasteiger partial charge < -0.3 is 5.11 Å². The molecule has 1 heteroatoms. The van der Waals surface area contributed by atoms with Crippen molar-refractivity contribution < 1.29 is 5.11 Å². The number of allylic oxidation sites excluding steroid dienone is 2. The van der Waals surface area contributed by atoms with Gasteiger partial charge in [0.05, 0.1) is 0 Å². The summed E-state index contributed by atoms with van der Waals surface area (Å²) in [7, 11) is 0. The molecule has 0 bridgehead atoms. The number of hydrogen-bond acceptors (Lipinski definition) is 1. The van der Waals surface area contributed by atoms with Crippen LogP contribution < -0.4 is 0 Å². The van der Waals surface area contributed by atoms with E-state index >= 15 is 0 Å². The summed E-state index contributed by atoms with van der Waals surface area (Å²) < 4.78 is 0. The minimum Gasteiger partial charge on any atom is -0.396 e. The maximum atomic E-state index is 9.03. The number of rotatable bonds is 21. The average Bonchev–Trinajstić information content (AvgIpc) is 2.65. The zero-order valence-electron chi connectivity index (χ0n) is 18.4. The van der Waals surface area contributed by atoms with Crippen LogP contribution in [-0.4, -0.2) is 11.7 Å². The van der Waals surface area contributed by atoms with Gasteiger partial charge >= 0.3 is 0 Å². The summed E-state index contributed by atoms with van der Waals surface area (Å²) in [5.74, 6) is 0. The zero-order chi connectivity index (χ0) is 19.1. The van der Waals surface area contributed by atoms with Crippen LogP contribution in [0.2, 0.25) is 0 Å². The molecule has 26 heavy (non-hydrogen) atoms. The van der Waals surface area contributed by atoms with Gasteiger partial charge in [-0.15, -0.1) is 0 Å². The summed E-state index contributed by atoms with van der Waals surface area (Å²) in [5, 5.41) is 9.03. The smallest absolute Gasteiger partial charge is 0.0431 e. The first kappa shape index (κ1) is 25.7. The Balaban J connectivity index is 3.77. The molecule has 156 valence electrons. The quantitative estimate of drug-likeness (QED) is 0.159. The molecule has 1 nitrogen and oxygen atoms in total. The van der Waals surface area contributed by atoms with Gasteiger partial charge in [0.2, 0.25) is 0 Å². The molecule has 0 fully saturated rings. The molecular weight excluding hydrogens is 316 g/mol. The Morgan fingerprint density at radius 1 is 0.538 bits per heavy atom. The van der Waals surface area contributed by atoms with Gasteiger partial charge in [-0.25, -0.2) is 0 Å². The fraction of sp³-hybridized carbons (Fsp3) is 0.920. The lowest BCUT2D eigenvalue weighted by molar-refractivity contribution is 0.284. The van der Waals surface area contributed by atoms with Crippen LogP contribution in [-0.2, 0) is 0 Å². The fourth-order valence-corrected chi connectivity index (χ4v) is 3.69. The molecule has 0 unspecified atom stereocenters. The van der Waals surface area contributed by atoms with Crippen molar-refractivity contribution >= 4 is 0 Å². The van der Waals surface area contributed by atoms with Gasteiger partial charge in [-0.05, 0) is 44.9 Å². The van der Waals surface area contributed by atoms with E-state index in [9.17, 15) is 0 Å². The van der Waals surface area contributed by atoms with Crippen molar-refractivity contribution in [1.82, 2.24) is 0 Å². The molecule has 0 aliphatic rings. The largest absolute Gasteiger partial charge is 0.396 e. The van der Waals surface area contributed by atoms with Crippen molar-refractivity contribution in [2.24, 2.45) is 0 Å². The van der Waals surface area contributed by atoms with Crippen LogP contribution in [0.25, 0.3) is 0 Å². The first-order valence-electron chi connectivity index (χ1n) is 12.1. The Kier molecular flexibility index (Phi) is 22.5. The van der Waals surface area contributed by atoms with Crippen molar-refractivity contribution in [2.45, 2.75) is 142 Å². The lowest BCUT2D eigenvalue weighted by Crippen LogP contribution is -1.90. The summed E-state index contributed by atoms with van der Waals surface area (Å²) in [6.45, 7) is 4.93. The van der Waals surface area contributed by atoms with Crippen LogP contribution in [0.15, 0.2) is 11.6 Å². The molecule has 0 atom stereocenters. The SMILES string of the molecule is CCCCCCCCC/C=C(\CCCCO)CCCCCCCCCC. The first-order valence-corrected chi connectivity index (χ1v) is 12.1. The molecule has 0 aliphatic carbocycles. The Hall–Kier alpha value is -0.300. The van der Waals surface area contributed by atoms with Gasteiger partial charge in [-0.3, -0.25) is 0 Å². The summed E-state index contributed by atoms with van der Waals surface area (Å²) in [6, 6.07) is 0. The summed E-state index contributed by atoms with van der Waals surface area (Å²) in [4.78, 5) is 0. The minimum absolute atomic E-state index is 0.350. The molecule has 0 saturated carbocycles. The number of aliphatic hydroxyl groups excluding tert-OH is 1. The number of unbranched alkanes of at least 4 members (excludes halogenated alkanes) is 15. The maximum Gasteiger partial charge on any atom is 0.0431 e. The molecule has 0 radical (unpaired) electrons. The second-order valence-corrected chi connectivity index (χ2v) is 8.18. The van der Waals surface area contributed by atoms with Crippen molar-refractivity contribution in [3.05, 3.63) is 11.6 Å². The Labute approximate surface area is 166 Å². The van der Waals surface area contributed by atoms with E-state index in [0.717, 1.165) is 12.8 Å². The van der Waals surface area contributed by atoms with E-state index in [4.69, 9.17) is 5.11 Å². The molecule has 0 aromatic heterocycles. The average molecular weight is 367 g/mol. The predicted molar refractivity (Wildman–Crippen MR) is 119 cm³/mol. The van der Waals surface area contributed by atoms with Gasteiger partial charge in [0.15, 0.2) is 0 Å². The molecule has 1 N–H and O–H groups in total. The molecule has 0 heterocycles. The third-order valence-electron chi connectivity index (χ3n) is 5.50. The molecule has 0 spiro atoms. The van der Waals surface area contributed by atoms with E-state index in [-0.39, 0.29) is 0 Å². The number of aliphatic hydroxyl groups is 1. The molecule has 0 saturated heterocycles. The van der Waals surface area contributed by atoms with E-state index in [2.05, 4.69) is 19.9 Å². The van der Waals surface area contributed by atoms with Gasteiger partial charge in [0.25, 0.3) is 0 Å². The topological polar surface area (TPSA) is 20.2 Å². The lowest BCUT2D eigenvalue weighted by Gasteiger charge is -2.08.